The normalized spacial score (nSPS) is 20.7. The molecule has 0 radical (unpaired) electrons. The highest BCUT2D eigenvalue weighted by Gasteiger charge is 2.31. The first-order valence-electron chi connectivity index (χ1n) is 9.38. The smallest absolute Gasteiger partial charge is 0.243 e. The van der Waals surface area contributed by atoms with Gasteiger partial charge in [-0.15, -0.1) is 0 Å². The van der Waals surface area contributed by atoms with Gasteiger partial charge in [0.15, 0.2) is 0 Å². The van der Waals surface area contributed by atoms with E-state index in [1.807, 2.05) is 0 Å². The summed E-state index contributed by atoms with van der Waals surface area (Å²) in [7, 11) is -3.54. The van der Waals surface area contributed by atoms with E-state index in [1.54, 1.807) is 28.6 Å². The van der Waals surface area contributed by atoms with Crippen molar-refractivity contribution in [3.05, 3.63) is 59.9 Å². The molecule has 0 aliphatic carbocycles. The quantitative estimate of drug-likeness (QED) is 0.827. The van der Waals surface area contributed by atoms with Crippen molar-refractivity contribution in [1.29, 1.82) is 0 Å². The molecule has 28 heavy (non-hydrogen) atoms. The highest BCUT2D eigenvalue weighted by Crippen LogP contribution is 2.27. The molecule has 2 atom stereocenters. The zero-order valence-corrected chi connectivity index (χ0v) is 16.9. The zero-order valence-electron chi connectivity index (χ0n) is 16.1. The average Bonchev–Trinajstić information content (AvgIpc) is 2.63. The molecule has 150 valence electrons. The van der Waals surface area contributed by atoms with Crippen molar-refractivity contribution in [3.63, 3.8) is 0 Å². The van der Waals surface area contributed by atoms with Crippen molar-refractivity contribution in [2.75, 3.05) is 18.4 Å². The highest BCUT2D eigenvalue weighted by atomic mass is 32.2. The lowest BCUT2D eigenvalue weighted by Crippen LogP contribution is -2.42. The Balaban J connectivity index is 1.65. The Bertz CT molecular complexity index is 917. The number of nitrogens with one attached hydrogen (secondary N) is 1. The Hall–Kier alpha value is -2.25. The molecular formula is C21H25FN2O3S. The van der Waals surface area contributed by atoms with Crippen molar-refractivity contribution in [1.82, 2.24) is 4.31 Å². The summed E-state index contributed by atoms with van der Waals surface area (Å²) < 4.78 is 40.3. The molecular weight excluding hydrogens is 379 g/mol. The van der Waals surface area contributed by atoms with Crippen LogP contribution in [0.1, 0.15) is 25.8 Å². The van der Waals surface area contributed by atoms with Crippen molar-refractivity contribution in [2.45, 2.75) is 31.6 Å². The molecule has 1 fully saturated rings. The van der Waals surface area contributed by atoms with E-state index in [0.717, 1.165) is 6.42 Å². The first kappa shape index (κ1) is 20.5. The molecule has 2 aromatic carbocycles. The molecule has 7 heteroatoms. The standard InChI is InChI=1S/C21H25FN2O3S/c1-15-11-16(2)14-24(13-15)28(26,27)20-9-7-19(8-10-20)23-21(25)12-17-3-5-18(22)6-4-17/h3-10,15-16H,11-14H2,1-2H3,(H,23,25)/t15-,16-/m0/s1. The van der Waals surface area contributed by atoms with E-state index >= 15 is 0 Å². The summed E-state index contributed by atoms with van der Waals surface area (Å²) in [4.78, 5) is 12.4. The molecule has 0 saturated carbocycles. The molecule has 1 aliphatic heterocycles. The van der Waals surface area contributed by atoms with Gasteiger partial charge in [0.1, 0.15) is 5.82 Å². The number of benzene rings is 2. The number of piperidine rings is 1. The third-order valence-electron chi connectivity index (χ3n) is 4.89. The number of hydrogen-bond acceptors (Lipinski definition) is 3. The maximum absolute atomic E-state index is 12.9. The van der Waals surface area contributed by atoms with E-state index in [-0.39, 0.29) is 23.0 Å². The fourth-order valence-corrected chi connectivity index (χ4v) is 5.33. The molecule has 3 rings (SSSR count). The molecule has 1 aliphatic rings. The van der Waals surface area contributed by atoms with Gasteiger partial charge in [-0.25, -0.2) is 12.8 Å². The number of sulfonamides is 1. The first-order valence-corrected chi connectivity index (χ1v) is 10.8. The minimum absolute atomic E-state index is 0.115. The van der Waals surface area contributed by atoms with E-state index in [9.17, 15) is 17.6 Å². The van der Waals surface area contributed by atoms with Crippen molar-refractivity contribution >= 4 is 21.6 Å². The van der Waals surface area contributed by atoms with Crippen LogP contribution in [0.3, 0.4) is 0 Å². The molecule has 2 aromatic rings. The fourth-order valence-electron chi connectivity index (χ4n) is 3.65. The van der Waals surface area contributed by atoms with Crippen LogP contribution in [0, 0.1) is 17.7 Å². The van der Waals surface area contributed by atoms with Crippen LogP contribution in [-0.2, 0) is 21.2 Å². The maximum Gasteiger partial charge on any atom is 0.243 e. The summed E-state index contributed by atoms with van der Waals surface area (Å²) in [6.45, 7) is 5.20. The van der Waals surface area contributed by atoms with Gasteiger partial charge < -0.3 is 5.32 Å². The SMILES string of the molecule is C[C@H]1C[C@H](C)CN(S(=O)(=O)c2ccc(NC(=O)Cc3ccc(F)cc3)cc2)C1. The lowest BCUT2D eigenvalue weighted by atomic mass is 9.94. The Labute approximate surface area is 165 Å². The first-order chi connectivity index (χ1) is 13.2. The van der Waals surface area contributed by atoms with Crippen LogP contribution in [-0.4, -0.2) is 31.7 Å². The minimum atomic E-state index is -3.54. The topological polar surface area (TPSA) is 66.5 Å². The fraction of sp³-hybridized carbons (Fsp3) is 0.381. The Morgan fingerprint density at radius 3 is 2.18 bits per heavy atom. The highest BCUT2D eigenvalue weighted by molar-refractivity contribution is 7.89. The van der Waals surface area contributed by atoms with E-state index in [2.05, 4.69) is 19.2 Å². The number of rotatable bonds is 5. The van der Waals surface area contributed by atoms with E-state index < -0.39 is 10.0 Å². The van der Waals surface area contributed by atoms with Crippen LogP contribution < -0.4 is 5.32 Å². The molecule has 0 unspecified atom stereocenters. The van der Waals surface area contributed by atoms with E-state index in [4.69, 9.17) is 0 Å². The van der Waals surface area contributed by atoms with Gasteiger partial charge in [-0.2, -0.15) is 4.31 Å². The van der Waals surface area contributed by atoms with Gasteiger partial charge in [-0.3, -0.25) is 4.79 Å². The Morgan fingerprint density at radius 2 is 1.61 bits per heavy atom. The van der Waals surface area contributed by atoms with Crippen molar-refractivity contribution < 1.29 is 17.6 Å². The molecule has 1 N–H and O–H groups in total. The van der Waals surface area contributed by atoms with Crippen LogP contribution in [0.4, 0.5) is 10.1 Å². The second kappa shape index (κ2) is 8.41. The third-order valence-corrected chi connectivity index (χ3v) is 6.74. The molecule has 0 spiro atoms. The third kappa shape index (κ3) is 4.97. The second-order valence-electron chi connectivity index (χ2n) is 7.64. The summed E-state index contributed by atoms with van der Waals surface area (Å²) in [6, 6.07) is 12.0. The van der Waals surface area contributed by atoms with Crippen LogP contribution >= 0.6 is 0 Å². The number of carbonyl (C=O) groups excluding carboxylic acids is 1. The van der Waals surface area contributed by atoms with Gasteiger partial charge in [0.05, 0.1) is 11.3 Å². The largest absolute Gasteiger partial charge is 0.326 e. The predicted molar refractivity (Wildman–Crippen MR) is 107 cm³/mol. The number of carbonyl (C=O) groups is 1. The molecule has 1 heterocycles. The summed E-state index contributed by atoms with van der Waals surface area (Å²) in [5, 5.41) is 2.74. The van der Waals surface area contributed by atoms with Crippen molar-refractivity contribution in [3.8, 4) is 0 Å². The zero-order chi connectivity index (χ0) is 20.3. The summed E-state index contributed by atoms with van der Waals surface area (Å²) >= 11 is 0. The van der Waals surface area contributed by atoms with Crippen LogP contribution in [0.2, 0.25) is 0 Å². The van der Waals surface area contributed by atoms with Crippen LogP contribution in [0.5, 0.6) is 0 Å². The monoisotopic (exact) mass is 404 g/mol. The average molecular weight is 405 g/mol. The summed E-state index contributed by atoms with van der Waals surface area (Å²) in [6.07, 6.45) is 1.15. The number of hydrogen-bond donors (Lipinski definition) is 1. The number of amides is 1. The summed E-state index contributed by atoms with van der Waals surface area (Å²) in [5.74, 6) is 0.0754. The molecule has 1 amide bonds. The van der Waals surface area contributed by atoms with Gasteiger partial charge in [0.25, 0.3) is 0 Å². The molecule has 5 nitrogen and oxygen atoms in total. The minimum Gasteiger partial charge on any atom is -0.326 e. The predicted octanol–water partition coefficient (Wildman–Crippen LogP) is 3.67. The van der Waals surface area contributed by atoms with Crippen molar-refractivity contribution in [2.24, 2.45) is 11.8 Å². The van der Waals surface area contributed by atoms with Gasteiger partial charge >= 0.3 is 0 Å². The van der Waals surface area contributed by atoms with Gasteiger partial charge in [0, 0.05) is 18.8 Å². The lowest BCUT2D eigenvalue weighted by molar-refractivity contribution is -0.115. The second-order valence-corrected chi connectivity index (χ2v) is 9.58. The number of nitrogens with zero attached hydrogens (tertiary/aromatic N) is 1. The van der Waals surface area contributed by atoms with Gasteiger partial charge in [-0.1, -0.05) is 26.0 Å². The molecule has 0 aromatic heterocycles. The summed E-state index contributed by atoms with van der Waals surface area (Å²) in [5.41, 5.74) is 1.22. The van der Waals surface area contributed by atoms with Gasteiger partial charge in [-0.05, 0) is 60.2 Å². The number of halogens is 1. The van der Waals surface area contributed by atoms with Crippen LogP contribution in [0.25, 0.3) is 0 Å². The lowest BCUT2D eigenvalue weighted by Gasteiger charge is -2.34. The van der Waals surface area contributed by atoms with Gasteiger partial charge in [0.2, 0.25) is 15.9 Å². The van der Waals surface area contributed by atoms with Crippen LogP contribution in [0.15, 0.2) is 53.4 Å². The maximum atomic E-state index is 12.9. The Kier molecular flexibility index (Phi) is 6.15. The van der Waals surface area contributed by atoms with E-state index in [1.165, 1.54) is 24.3 Å². The van der Waals surface area contributed by atoms with E-state index in [0.29, 0.717) is 36.2 Å². The Morgan fingerprint density at radius 1 is 1.04 bits per heavy atom. The molecule has 1 saturated heterocycles. The molecule has 0 bridgehead atoms. The number of anilines is 1.